The lowest BCUT2D eigenvalue weighted by atomic mass is 9.83. The van der Waals surface area contributed by atoms with E-state index >= 15 is 0 Å². The zero-order chi connectivity index (χ0) is 19.1. The lowest BCUT2D eigenvalue weighted by Gasteiger charge is -2.50. The van der Waals surface area contributed by atoms with Gasteiger partial charge in [-0.25, -0.2) is 9.50 Å². The first-order chi connectivity index (χ1) is 13.7. The molecule has 1 aliphatic heterocycles. The number of fused-ring (bicyclic) bond motifs is 1. The standard InChI is InChI=1S/C22H19ClN4O/c23-21-20-18(11-12-27(20)25-15-24-21)22(28)13-26(14-22)19(16-7-3-1-4-8-16)17-9-5-2-6-10-17/h1-12,15,19,28H,13-14H2. The Balaban J connectivity index is 1.49. The molecule has 0 unspecified atom stereocenters. The van der Waals surface area contributed by atoms with Gasteiger partial charge in [0.15, 0.2) is 5.15 Å². The molecule has 1 N–H and O–H groups in total. The van der Waals surface area contributed by atoms with Gasteiger partial charge < -0.3 is 5.11 Å². The first-order valence-corrected chi connectivity index (χ1v) is 9.58. The number of aromatic nitrogens is 3. The highest BCUT2D eigenvalue weighted by molar-refractivity contribution is 6.32. The summed E-state index contributed by atoms with van der Waals surface area (Å²) >= 11 is 6.28. The Kier molecular flexibility index (Phi) is 4.16. The van der Waals surface area contributed by atoms with Crippen molar-refractivity contribution in [1.29, 1.82) is 0 Å². The second-order valence-electron chi connectivity index (χ2n) is 7.23. The van der Waals surface area contributed by atoms with E-state index in [0.29, 0.717) is 23.8 Å². The third-order valence-electron chi connectivity index (χ3n) is 5.44. The summed E-state index contributed by atoms with van der Waals surface area (Å²) in [5.41, 5.74) is 2.87. The number of benzene rings is 2. The van der Waals surface area contributed by atoms with E-state index in [1.165, 1.54) is 17.5 Å². The predicted molar refractivity (Wildman–Crippen MR) is 108 cm³/mol. The van der Waals surface area contributed by atoms with Gasteiger partial charge in [-0.3, -0.25) is 4.90 Å². The summed E-state index contributed by atoms with van der Waals surface area (Å²) in [6.45, 7) is 1.01. The molecule has 0 atom stereocenters. The quantitative estimate of drug-likeness (QED) is 0.577. The Labute approximate surface area is 167 Å². The van der Waals surface area contributed by atoms with E-state index in [9.17, 15) is 5.11 Å². The van der Waals surface area contributed by atoms with Gasteiger partial charge in [-0.2, -0.15) is 5.10 Å². The SMILES string of the molecule is OC1(c2ccn3ncnc(Cl)c23)CN(C(c2ccccc2)c2ccccc2)C1. The maximum atomic E-state index is 11.3. The van der Waals surface area contributed by atoms with Crippen LogP contribution in [0.1, 0.15) is 22.7 Å². The van der Waals surface area contributed by atoms with Crippen molar-refractivity contribution < 1.29 is 5.11 Å². The average molecular weight is 391 g/mol. The maximum absolute atomic E-state index is 11.3. The van der Waals surface area contributed by atoms with Crippen molar-refractivity contribution in [3.63, 3.8) is 0 Å². The van der Waals surface area contributed by atoms with E-state index in [4.69, 9.17) is 11.6 Å². The molecule has 0 spiro atoms. The van der Waals surface area contributed by atoms with E-state index in [1.807, 2.05) is 24.4 Å². The molecule has 5 rings (SSSR count). The van der Waals surface area contributed by atoms with Crippen LogP contribution in [-0.4, -0.2) is 37.7 Å². The first kappa shape index (κ1) is 17.4. The summed E-state index contributed by atoms with van der Waals surface area (Å²) in [6, 6.07) is 22.7. The minimum atomic E-state index is -0.981. The van der Waals surface area contributed by atoms with Crippen LogP contribution in [0.3, 0.4) is 0 Å². The van der Waals surface area contributed by atoms with Crippen molar-refractivity contribution in [2.45, 2.75) is 11.6 Å². The lowest BCUT2D eigenvalue weighted by Crippen LogP contribution is -2.60. The van der Waals surface area contributed by atoms with E-state index in [2.05, 4.69) is 63.5 Å². The third-order valence-corrected chi connectivity index (χ3v) is 5.71. The van der Waals surface area contributed by atoms with Gasteiger partial charge in [-0.05, 0) is 17.2 Å². The summed E-state index contributed by atoms with van der Waals surface area (Å²) in [6.07, 6.45) is 3.22. The average Bonchev–Trinajstić information content (AvgIpc) is 3.14. The smallest absolute Gasteiger partial charge is 0.156 e. The van der Waals surface area contributed by atoms with Crippen LogP contribution in [0.4, 0.5) is 0 Å². The fourth-order valence-electron chi connectivity index (χ4n) is 4.16. The Bertz CT molecular complexity index is 1070. The molecule has 1 fully saturated rings. The number of hydrogen-bond acceptors (Lipinski definition) is 4. The van der Waals surface area contributed by atoms with Gasteiger partial charge in [0, 0.05) is 24.8 Å². The Morgan fingerprint density at radius 3 is 2.14 bits per heavy atom. The Hall–Kier alpha value is -2.73. The number of aliphatic hydroxyl groups is 1. The number of halogens is 1. The van der Waals surface area contributed by atoms with Gasteiger partial charge in [0.25, 0.3) is 0 Å². The monoisotopic (exact) mass is 390 g/mol. The predicted octanol–water partition coefficient (Wildman–Crippen LogP) is 3.68. The van der Waals surface area contributed by atoms with Crippen LogP contribution < -0.4 is 0 Å². The van der Waals surface area contributed by atoms with Crippen molar-refractivity contribution >= 4 is 17.1 Å². The third kappa shape index (κ3) is 2.79. The molecule has 140 valence electrons. The van der Waals surface area contributed by atoms with Crippen LogP contribution >= 0.6 is 11.6 Å². The summed E-state index contributed by atoms with van der Waals surface area (Å²) in [4.78, 5) is 6.35. The van der Waals surface area contributed by atoms with Gasteiger partial charge in [0.1, 0.15) is 17.4 Å². The summed E-state index contributed by atoms with van der Waals surface area (Å²) < 4.78 is 1.66. The van der Waals surface area contributed by atoms with E-state index in [0.717, 1.165) is 5.56 Å². The highest BCUT2D eigenvalue weighted by Crippen LogP contribution is 2.42. The molecule has 0 radical (unpaired) electrons. The van der Waals surface area contributed by atoms with E-state index < -0.39 is 5.60 Å². The zero-order valence-corrected chi connectivity index (χ0v) is 15.9. The van der Waals surface area contributed by atoms with Crippen molar-refractivity contribution in [3.05, 3.63) is 101 Å². The number of rotatable bonds is 4. The minimum absolute atomic E-state index is 0.0864. The fourth-order valence-corrected chi connectivity index (χ4v) is 4.39. The van der Waals surface area contributed by atoms with Gasteiger partial charge in [-0.1, -0.05) is 72.3 Å². The topological polar surface area (TPSA) is 53.7 Å². The number of β-amino-alcohol motifs (C(OH)–C–C–N with tert-alkyl or cyclic N) is 1. The van der Waals surface area contributed by atoms with Crippen LogP contribution in [-0.2, 0) is 5.60 Å². The largest absolute Gasteiger partial charge is 0.382 e. The van der Waals surface area contributed by atoms with Crippen LogP contribution in [0, 0.1) is 0 Å². The molecule has 1 aliphatic rings. The number of nitrogens with zero attached hydrogens (tertiary/aromatic N) is 4. The fraction of sp³-hybridized carbons (Fsp3) is 0.182. The van der Waals surface area contributed by atoms with Crippen molar-refractivity contribution in [1.82, 2.24) is 19.5 Å². The number of likely N-dealkylation sites (tertiary alicyclic amines) is 1. The van der Waals surface area contributed by atoms with Gasteiger partial charge in [0.2, 0.25) is 0 Å². The highest BCUT2D eigenvalue weighted by Gasteiger charge is 2.47. The van der Waals surface area contributed by atoms with Crippen molar-refractivity contribution in [2.75, 3.05) is 13.1 Å². The molecule has 0 saturated carbocycles. The van der Waals surface area contributed by atoms with Crippen LogP contribution in [0.5, 0.6) is 0 Å². The molecule has 0 aliphatic carbocycles. The van der Waals surface area contributed by atoms with Crippen LogP contribution in [0.25, 0.3) is 5.52 Å². The summed E-state index contributed by atoms with van der Waals surface area (Å²) in [5.74, 6) is 0. The lowest BCUT2D eigenvalue weighted by molar-refractivity contribution is -0.115. The molecule has 5 nitrogen and oxygen atoms in total. The molecule has 6 heteroatoms. The summed E-state index contributed by atoms with van der Waals surface area (Å²) in [7, 11) is 0. The molecule has 0 bridgehead atoms. The van der Waals surface area contributed by atoms with Gasteiger partial charge >= 0.3 is 0 Å². The Morgan fingerprint density at radius 1 is 0.929 bits per heavy atom. The normalized spacial score (nSPS) is 16.4. The van der Waals surface area contributed by atoms with Gasteiger partial charge in [-0.15, -0.1) is 0 Å². The minimum Gasteiger partial charge on any atom is -0.382 e. The van der Waals surface area contributed by atoms with Gasteiger partial charge in [0.05, 0.1) is 6.04 Å². The second kappa shape index (κ2) is 6.71. The maximum Gasteiger partial charge on any atom is 0.156 e. The molecule has 2 aromatic carbocycles. The molecular weight excluding hydrogens is 372 g/mol. The molecular formula is C22H19ClN4O. The summed E-state index contributed by atoms with van der Waals surface area (Å²) in [5, 5.41) is 15.9. The molecule has 4 aromatic rings. The van der Waals surface area contributed by atoms with E-state index in [-0.39, 0.29) is 6.04 Å². The second-order valence-corrected chi connectivity index (χ2v) is 7.59. The van der Waals surface area contributed by atoms with Crippen molar-refractivity contribution in [3.8, 4) is 0 Å². The first-order valence-electron chi connectivity index (χ1n) is 9.20. The van der Waals surface area contributed by atoms with Crippen molar-refractivity contribution in [2.24, 2.45) is 0 Å². The highest BCUT2D eigenvalue weighted by atomic mass is 35.5. The molecule has 3 heterocycles. The Morgan fingerprint density at radius 2 is 1.54 bits per heavy atom. The molecule has 0 amide bonds. The molecule has 1 saturated heterocycles. The van der Waals surface area contributed by atoms with Crippen LogP contribution in [0.15, 0.2) is 79.3 Å². The molecule has 2 aromatic heterocycles. The van der Waals surface area contributed by atoms with Crippen LogP contribution in [0.2, 0.25) is 5.15 Å². The van der Waals surface area contributed by atoms with E-state index in [1.54, 1.807) is 4.52 Å². The zero-order valence-electron chi connectivity index (χ0n) is 15.1. The number of hydrogen-bond donors (Lipinski definition) is 1. The molecule has 28 heavy (non-hydrogen) atoms.